The number of pyridine rings is 1. The molecule has 0 atom stereocenters. The lowest BCUT2D eigenvalue weighted by molar-refractivity contribution is 0.0276. The highest BCUT2D eigenvalue weighted by atomic mass is 16.5. The van der Waals surface area contributed by atoms with Crippen molar-refractivity contribution in [2.75, 3.05) is 32.8 Å². The Hall–Kier alpha value is -0.970. The van der Waals surface area contributed by atoms with E-state index in [2.05, 4.69) is 34.3 Å². The number of ether oxygens (including phenoxy) is 1. The zero-order valence-electron chi connectivity index (χ0n) is 12.6. The van der Waals surface area contributed by atoms with Gasteiger partial charge in [-0.1, -0.05) is 13.0 Å². The van der Waals surface area contributed by atoms with Crippen LogP contribution in [0.4, 0.5) is 0 Å². The molecule has 0 radical (unpaired) electrons. The van der Waals surface area contributed by atoms with Crippen molar-refractivity contribution >= 4 is 0 Å². The highest BCUT2D eigenvalue weighted by Gasteiger charge is 2.13. The summed E-state index contributed by atoms with van der Waals surface area (Å²) in [4.78, 5) is 6.81. The second-order valence-corrected chi connectivity index (χ2v) is 5.36. The van der Waals surface area contributed by atoms with Gasteiger partial charge in [0.2, 0.25) is 0 Å². The van der Waals surface area contributed by atoms with Crippen molar-refractivity contribution in [2.24, 2.45) is 0 Å². The van der Waals surface area contributed by atoms with E-state index < -0.39 is 0 Å². The van der Waals surface area contributed by atoms with Crippen LogP contribution in [0.3, 0.4) is 0 Å². The zero-order chi connectivity index (χ0) is 14.0. The lowest BCUT2D eigenvalue weighted by atomic mass is 10.1. The highest BCUT2D eigenvalue weighted by molar-refractivity contribution is 5.03. The minimum Gasteiger partial charge on any atom is -0.378 e. The predicted octanol–water partition coefficient (Wildman–Crippen LogP) is 2.06. The summed E-state index contributed by atoms with van der Waals surface area (Å²) in [5.41, 5.74) is 1.15. The van der Waals surface area contributed by atoms with E-state index in [-0.39, 0.29) is 0 Å². The number of piperidine rings is 1. The van der Waals surface area contributed by atoms with E-state index >= 15 is 0 Å². The topological polar surface area (TPSA) is 37.4 Å². The Labute approximate surface area is 122 Å². The van der Waals surface area contributed by atoms with Gasteiger partial charge in [0, 0.05) is 25.9 Å². The molecule has 1 aliphatic heterocycles. The van der Waals surface area contributed by atoms with Gasteiger partial charge >= 0.3 is 0 Å². The van der Waals surface area contributed by atoms with Gasteiger partial charge in [-0.3, -0.25) is 9.88 Å². The van der Waals surface area contributed by atoms with Crippen LogP contribution in [0.25, 0.3) is 0 Å². The molecular formula is C16H27N3O. The van der Waals surface area contributed by atoms with Gasteiger partial charge in [0.25, 0.3) is 0 Å². The Morgan fingerprint density at radius 1 is 1.35 bits per heavy atom. The molecule has 0 spiro atoms. The van der Waals surface area contributed by atoms with Gasteiger partial charge in [0.05, 0.1) is 11.8 Å². The predicted molar refractivity (Wildman–Crippen MR) is 81.6 cm³/mol. The maximum absolute atomic E-state index is 5.95. The van der Waals surface area contributed by atoms with Crippen LogP contribution in [0.15, 0.2) is 24.4 Å². The SMILES string of the molecule is CCN(CCCOC1CCNCC1)Cc1ccccn1. The second kappa shape index (κ2) is 9.06. The zero-order valence-corrected chi connectivity index (χ0v) is 12.6. The van der Waals surface area contributed by atoms with Gasteiger partial charge < -0.3 is 10.1 Å². The Kier molecular flexibility index (Phi) is 6.98. The van der Waals surface area contributed by atoms with Gasteiger partial charge in [0.15, 0.2) is 0 Å². The fourth-order valence-electron chi connectivity index (χ4n) is 2.57. The van der Waals surface area contributed by atoms with Crippen LogP contribution in [-0.4, -0.2) is 48.8 Å². The average molecular weight is 277 g/mol. The van der Waals surface area contributed by atoms with Crippen LogP contribution in [0, 0.1) is 0 Å². The van der Waals surface area contributed by atoms with Crippen LogP contribution >= 0.6 is 0 Å². The number of rotatable bonds is 8. The minimum atomic E-state index is 0.474. The molecule has 0 aliphatic carbocycles. The summed E-state index contributed by atoms with van der Waals surface area (Å²) >= 11 is 0. The lowest BCUT2D eigenvalue weighted by Crippen LogP contribution is -2.33. The maximum atomic E-state index is 5.95. The van der Waals surface area contributed by atoms with Crippen LogP contribution in [-0.2, 0) is 11.3 Å². The van der Waals surface area contributed by atoms with E-state index in [1.165, 1.54) is 0 Å². The third kappa shape index (κ3) is 5.57. The summed E-state index contributed by atoms with van der Waals surface area (Å²) in [5.74, 6) is 0. The summed E-state index contributed by atoms with van der Waals surface area (Å²) in [6.45, 7) is 8.36. The number of aromatic nitrogens is 1. The molecule has 112 valence electrons. The van der Waals surface area contributed by atoms with Crippen molar-refractivity contribution in [3.63, 3.8) is 0 Å². The van der Waals surface area contributed by atoms with E-state index in [4.69, 9.17) is 4.74 Å². The van der Waals surface area contributed by atoms with Crippen molar-refractivity contribution in [1.82, 2.24) is 15.2 Å². The number of hydrogen-bond donors (Lipinski definition) is 1. The first-order valence-electron chi connectivity index (χ1n) is 7.83. The lowest BCUT2D eigenvalue weighted by Gasteiger charge is -2.24. The van der Waals surface area contributed by atoms with Crippen molar-refractivity contribution in [2.45, 2.75) is 38.8 Å². The van der Waals surface area contributed by atoms with Crippen molar-refractivity contribution in [1.29, 1.82) is 0 Å². The molecule has 1 aromatic rings. The van der Waals surface area contributed by atoms with Gasteiger partial charge in [-0.15, -0.1) is 0 Å². The van der Waals surface area contributed by atoms with Crippen LogP contribution in [0.2, 0.25) is 0 Å². The monoisotopic (exact) mass is 277 g/mol. The summed E-state index contributed by atoms with van der Waals surface area (Å²) < 4.78 is 5.95. The van der Waals surface area contributed by atoms with Crippen LogP contribution in [0.5, 0.6) is 0 Å². The molecule has 0 aromatic carbocycles. The third-order valence-corrected chi connectivity index (χ3v) is 3.82. The first-order valence-corrected chi connectivity index (χ1v) is 7.83. The van der Waals surface area contributed by atoms with E-state index in [1.807, 2.05) is 12.3 Å². The average Bonchev–Trinajstić information content (AvgIpc) is 2.52. The molecule has 1 aliphatic rings. The number of nitrogens with one attached hydrogen (secondary N) is 1. The normalized spacial score (nSPS) is 16.7. The summed E-state index contributed by atoms with van der Waals surface area (Å²) in [6, 6.07) is 6.11. The molecule has 2 heterocycles. The first-order chi connectivity index (χ1) is 9.88. The quantitative estimate of drug-likeness (QED) is 0.738. The fourth-order valence-corrected chi connectivity index (χ4v) is 2.57. The molecule has 1 fully saturated rings. The first kappa shape index (κ1) is 15.4. The van der Waals surface area contributed by atoms with Crippen LogP contribution < -0.4 is 5.32 Å². The van der Waals surface area contributed by atoms with E-state index in [9.17, 15) is 0 Å². The van der Waals surface area contributed by atoms with E-state index in [0.29, 0.717) is 6.10 Å². The molecule has 0 bridgehead atoms. The molecule has 0 amide bonds. The Morgan fingerprint density at radius 3 is 2.90 bits per heavy atom. The molecule has 2 rings (SSSR count). The molecule has 4 nitrogen and oxygen atoms in total. The minimum absolute atomic E-state index is 0.474. The fraction of sp³-hybridized carbons (Fsp3) is 0.688. The summed E-state index contributed by atoms with van der Waals surface area (Å²) in [7, 11) is 0. The highest BCUT2D eigenvalue weighted by Crippen LogP contribution is 2.08. The number of nitrogens with zero attached hydrogens (tertiary/aromatic N) is 2. The Balaban J connectivity index is 1.61. The number of hydrogen-bond acceptors (Lipinski definition) is 4. The molecule has 1 N–H and O–H groups in total. The molecule has 0 saturated carbocycles. The van der Waals surface area contributed by atoms with E-state index in [1.54, 1.807) is 0 Å². The Morgan fingerprint density at radius 2 is 2.20 bits per heavy atom. The Bertz CT molecular complexity index is 352. The second-order valence-electron chi connectivity index (χ2n) is 5.36. The molecule has 4 heteroatoms. The van der Waals surface area contributed by atoms with Gasteiger partial charge in [0.1, 0.15) is 0 Å². The van der Waals surface area contributed by atoms with Crippen molar-refractivity contribution in [3.05, 3.63) is 30.1 Å². The summed E-state index contributed by atoms with van der Waals surface area (Å²) in [5, 5.41) is 3.36. The standard InChI is InChI=1S/C16H27N3O/c1-2-19(14-15-6-3-4-9-18-15)12-5-13-20-16-7-10-17-11-8-16/h3-4,6,9,16-17H,2,5,7-8,10-14H2,1H3. The largest absolute Gasteiger partial charge is 0.378 e. The molecule has 0 unspecified atom stereocenters. The molecule has 1 aromatic heterocycles. The van der Waals surface area contributed by atoms with Gasteiger partial charge in [-0.2, -0.15) is 0 Å². The third-order valence-electron chi connectivity index (χ3n) is 3.82. The maximum Gasteiger partial charge on any atom is 0.0599 e. The van der Waals surface area contributed by atoms with E-state index in [0.717, 1.165) is 64.3 Å². The van der Waals surface area contributed by atoms with Gasteiger partial charge in [-0.25, -0.2) is 0 Å². The van der Waals surface area contributed by atoms with Crippen molar-refractivity contribution < 1.29 is 4.74 Å². The van der Waals surface area contributed by atoms with Crippen molar-refractivity contribution in [3.8, 4) is 0 Å². The molecule has 1 saturated heterocycles. The molecule has 20 heavy (non-hydrogen) atoms. The van der Waals surface area contributed by atoms with Gasteiger partial charge in [-0.05, 0) is 51.0 Å². The smallest absolute Gasteiger partial charge is 0.0599 e. The summed E-state index contributed by atoms with van der Waals surface area (Å²) in [6.07, 6.45) is 5.76. The van der Waals surface area contributed by atoms with Crippen LogP contribution in [0.1, 0.15) is 31.9 Å². The molecular weight excluding hydrogens is 250 g/mol.